The summed E-state index contributed by atoms with van der Waals surface area (Å²) >= 11 is 0. The van der Waals surface area contributed by atoms with E-state index in [0.29, 0.717) is 32.8 Å². The summed E-state index contributed by atoms with van der Waals surface area (Å²) in [5, 5.41) is 2.71. The Morgan fingerprint density at radius 3 is 2.46 bits per heavy atom. The molecule has 0 saturated carbocycles. The monoisotopic (exact) mass is 367 g/mol. The fourth-order valence-electron chi connectivity index (χ4n) is 2.97. The van der Waals surface area contributed by atoms with Gasteiger partial charge in [-0.2, -0.15) is 0 Å². The normalized spacial score (nSPS) is 14.7. The van der Waals surface area contributed by atoms with Gasteiger partial charge >= 0.3 is 5.69 Å². The third-order valence-electron chi connectivity index (χ3n) is 4.26. The van der Waals surface area contributed by atoms with E-state index in [1.165, 1.54) is 4.57 Å². The molecule has 0 atom stereocenters. The standard InChI is InChI=1S/C17H29N5O4/c1-4-5-6-21-15(18)14(20-7-9-26-10-8-20)16(24)22(17(21)25)11-13(23)19-12(2)3/h12H,4-11,18H2,1-3H3,(H,19,23). The molecule has 9 nitrogen and oxygen atoms in total. The number of aromatic nitrogens is 2. The first-order valence-electron chi connectivity index (χ1n) is 9.12. The summed E-state index contributed by atoms with van der Waals surface area (Å²) in [5.41, 5.74) is 5.41. The number of rotatable bonds is 7. The van der Waals surface area contributed by atoms with Crippen LogP contribution in [0.3, 0.4) is 0 Å². The first kappa shape index (κ1) is 20.0. The van der Waals surface area contributed by atoms with Crippen molar-refractivity contribution < 1.29 is 9.53 Å². The average molecular weight is 367 g/mol. The second-order valence-corrected chi connectivity index (χ2v) is 6.73. The van der Waals surface area contributed by atoms with Crippen LogP contribution in [0.2, 0.25) is 0 Å². The molecule has 1 fully saturated rings. The number of ether oxygens (including phenoxy) is 1. The molecule has 0 aromatic carbocycles. The Kier molecular flexibility index (Phi) is 6.84. The maximum atomic E-state index is 13.0. The SMILES string of the molecule is CCCCn1c(N)c(N2CCOCC2)c(=O)n(CC(=O)NC(C)C)c1=O. The minimum Gasteiger partial charge on any atom is -0.383 e. The lowest BCUT2D eigenvalue weighted by Crippen LogP contribution is -2.49. The zero-order valence-corrected chi connectivity index (χ0v) is 15.8. The molecule has 2 heterocycles. The van der Waals surface area contributed by atoms with Gasteiger partial charge in [-0.15, -0.1) is 0 Å². The fraction of sp³-hybridized carbons (Fsp3) is 0.706. The molecule has 9 heteroatoms. The molecule has 1 aromatic rings. The van der Waals surface area contributed by atoms with E-state index in [-0.39, 0.29) is 30.0 Å². The second-order valence-electron chi connectivity index (χ2n) is 6.73. The van der Waals surface area contributed by atoms with E-state index >= 15 is 0 Å². The van der Waals surface area contributed by atoms with Crippen LogP contribution >= 0.6 is 0 Å². The quantitative estimate of drug-likeness (QED) is 0.688. The lowest BCUT2D eigenvalue weighted by Gasteiger charge is -2.30. The van der Waals surface area contributed by atoms with Crippen molar-refractivity contribution in [1.82, 2.24) is 14.5 Å². The smallest absolute Gasteiger partial charge is 0.333 e. The lowest BCUT2D eigenvalue weighted by molar-refractivity contribution is -0.122. The van der Waals surface area contributed by atoms with E-state index in [9.17, 15) is 14.4 Å². The molecule has 0 radical (unpaired) electrons. The van der Waals surface area contributed by atoms with Gasteiger partial charge in [-0.1, -0.05) is 13.3 Å². The molecule has 0 aliphatic carbocycles. The number of hydrogen-bond acceptors (Lipinski definition) is 6. The number of nitrogen functional groups attached to an aromatic ring is 1. The van der Waals surface area contributed by atoms with Crippen LogP contribution in [0.4, 0.5) is 11.5 Å². The number of carbonyl (C=O) groups is 1. The second kappa shape index (κ2) is 8.88. The molecule has 1 saturated heterocycles. The van der Waals surface area contributed by atoms with Gasteiger partial charge in [0.1, 0.15) is 18.1 Å². The van der Waals surface area contributed by atoms with Crippen molar-refractivity contribution in [1.29, 1.82) is 0 Å². The number of unbranched alkanes of at least 4 members (excludes halogenated alkanes) is 1. The topological polar surface area (TPSA) is 112 Å². The van der Waals surface area contributed by atoms with Gasteiger partial charge < -0.3 is 20.7 Å². The predicted molar refractivity (Wildman–Crippen MR) is 101 cm³/mol. The zero-order valence-electron chi connectivity index (χ0n) is 15.8. The van der Waals surface area contributed by atoms with Crippen LogP contribution in [-0.4, -0.2) is 47.4 Å². The number of morpholine rings is 1. The molecule has 3 N–H and O–H groups in total. The van der Waals surface area contributed by atoms with Crippen LogP contribution in [0.25, 0.3) is 0 Å². The minimum absolute atomic E-state index is 0.0759. The minimum atomic E-state index is -0.545. The Hall–Kier alpha value is -2.29. The first-order chi connectivity index (χ1) is 12.4. The summed E-state index contributed by atoms with van der Waals surface area (Å²) in [6.45, 7) is 7.75. The third-order valence-corrected chi connectivity index (χ3v) is 4.26. The van der Waals surface area contributed by atoms with Gasteiger partial charge in [0.2, 0.25) is 5.91 Å². The van der Waals surface area contributed by atoms with Crippen LogP contribution in [-0.2, 0) is 22.6 Å². The van der Waals surface area contributed by atoms with Gasteiger partial charge in [-0.3, -0.25) is 14.2 Å². The summed E-state index contributed by atoms with van der Waals surface area (Å²) in [6, 6.07) is -0.0759. The zero-order chi connectivity index (χ0) is 19.3. The van der Waals surface area contributed by atoms with E-state index in [2.05, 4.69) is 5.32 Å². The highest BCUT2D eigenvalue weighted by atomic mass is 16.5. The summed E-state index contributed by atoms with van der Waals surface area (Å²) < 4.78 is 7.72. The van der Waals surface area contributed by atoms with Crippen molar-refractivity contribution in [2.75, 3.05) is 36.9 Å². The van der Waals surface area contributed by atoms with Crippen LogP contribution in [0.1, 0.15) is 33.6 Å². The largest absolute Gasteiger partial charge is 0.383 e. The Bertz CT molecular complexity index is 747. The Balaban J connectivity index is 2.52. The Morgan fingerprint density at radius 1 is 1.23 bits per heavy atom. The number of anilines is 2. The molecular weight excluding hydrogens is 338 g/mol. The highest BCUT2D eigenvalue weighted by Gasteiger charge is 2.24. The number of carbonyl (C=O) groups excluding carboxylic acids is 1. The van der Waals surface area contributed by atoms with Gasteiger partial charge in [-0.05, 0) is 20.3 Å². The van der Waals surface area contributed by atoms with Crippen molar-refractivity contribution in [3.05, 3.63) is 20.8 Å². The molecule has 26 heavy (non-hydrogen) atoms. The van der Waals surface area contributed by atoms with Crippen LogP contribution in [0, 0.1) is 0 Å². The van der Waals surface area contributed by atoms with E-state index in [1.807, 2.05) is 25.7 Å². The predicted octanol–water partition coefficient (Wildman–Crippen LogP) is -0.246. The number of hydrogen-bond donors (Lipinski definition) is 2. The van der Waals surface area contributed by atoms with Gasteiger partial charge in [0.15, 0.2) is 0 Å². The van der Waals surface area contributed by atoms with Crippen molar-refractivity contribution in [2.45, 2.75) is 52.7 Å². The maximum Gasteiger partial charge on any atom is 0.333 e. The molecule has 0 bridgehead atoms. The van der Waals surface area contributed by atoms with E-state index in [1.54, 1.807) is 0 Å². The van der Waals surface area contributed by atoms with Gasteiger partial charge in [0.05, 0.1) is 13.2 Å². The molecule has 0 spiro atoms. The maximum absolute atomic E-state index is 13.0. The summed E-state index contributed by atoms with van der Waals surface area (Å²) in [6.07, 6.45) is 1.63. The fourth-order valence-corrected chi connectivity index (χ4v) is 2.97. The number of amides is 1. The van der Waals surface area contributed by atoms with Gasteiger partial charge in [-0.25, -0.2) is 9.36 Å². The highest BCUT2D eigenvalue weighted by molar-refractivity contribution is 5.76. The van der Waals surface area contributed by atoms with Crippen molar-refractivity contribution in [3.63, 3.8) is 0 Å². The molecule has 0 unspecified atom stereocenters. The van der Waals surface area contributed by atoms with Gasteiger partial charge in [0, 0.05) is 25.7 Å². The van der Waals surface area contributed by atoms with Crippen molar-refractivity contribution >= 4 is 17.4 Å². The molecule has 1 amide bonds. The Labute approximate surface area is 152 Å². The summed E-state index contributed by atoms with van der Waals surface area (Å²) in [7, 11) is 0. The van der Waals surface area contributed by atoms with Crippen molar-refractivity contribution in [2.24, 2.45) is 0 Å². The van der Waals surface area contributed by atoms with Gasteiger partial charge in [0.25, 0.3) is 5.56 Å². The molecule has 146 valence electrons. The summed E-state index contributed by atoms with van der Waals surface area (Å²) in [5.74, 6) is -0.213. The molecule has 1 aliphatic heterocycles. The summed E-state index contributed by atoms with van der Waals surface area (Å²) in [4.78, 5) is 39.7. The average Bonchev–Trinajstić information content (AvgIpc) is 2.59. The third kappa shape index (κ3) is 4.46. The number of nitrogens with one attached hydrogen (secondary N) is 1. The van der Waals surface area contributed by atoms with E-state index in [4.69, 9.17) is 10.5 Å². The molecular formula is C17H29N5O4. The molecule has 1 aliphatic rings. The number of nitrogens with zero attached hydrogens (tertiary/aromatic N) is 3. The van der Waals surface area contributed by atoms with Crippen LogP contribution in [0.5, 0.6) is 0 Å². The van der Waals surface area contributed by atoms with E-state index in [0.717, 1.165) is 17.4 Å². The first-order valence-corrected chi connectivity index (χ1v) is 9.12. The highest BCUT2D eigenvalue weighted by Crippen LogP contribution is 2.18. The van der Waals surface area contributed by atoms with E-state index < -0.39 is 11.2 Å². The molecule has 1 aromatic heterocycles. The number of nitrogens with two attached hydrogens (primary N) is 1. The Morgan fingerprint density at radius 2 is 1.88 bits per heavy atom. The van der Waals surface area contributed by atoms with Crippen LogP contribution in [0.15, 0.2) is 9.59 Å². The lowest BCUT2D eigenvalue weighted by atomic mass is 10.3. The molecule has 2 rings (SSSR count). The van der Waals surface area contributed by atoms with Crippen molar-refractivity contribution in [3.8, 4) is 0 Å². The van der Waals surface area contributed by atoms with Crippen LogP contribution < -0.4 is 27.2 Å².